The molecule has 24 heavy (non-hydrogen) atoms. The lowest BCUT2D eigenvalue weighted by Gasteiger charge is -2.18. The molecule has 0 unspecified atom stereocenters. The van der Waals surface area contributed by atoms with Gasteiger partial charge >= 0.3 is 0 Å². The van der Waals surface area contributed by atoms with Crippen LogP contribution < -0.4 is 5.32 Å². The van der Waals surface area contributed by atoms with Crippen LogP contribution in [0.5, 0.6) is 0 Å². The summed E-state index contributed by atoms with van der Waals surface area (Å²) >= 11 is 3.49. The minimum Gasteiger partial charge on any atom is -0.346 e. The Balaban J connectivity index is 1.54. The van der Waals surface area contributed by atoms with Crippen molar-refractivity contribution < 1.29 is 4.79 Å². The molecule has 1 aliphatic rings. The number of thiophene rings is 1. The second-order valence-corrected chi connectivity index (χ2v) is 7.61. The highest BCUT2D eigenvalue weighted by Gasteiger charge is 2.24. The number of nitrogens with zero attached hydrogens (tertiary/aromatic N) is 3. The van der Waals surface area contributed by atoms with Crippen molar-refractivity contribution in [2.45, 2.75) is 24.0 Å². The Kier molecular flexibility index (Phi) is 4.20. The molecule has 1 amide bonds. The molecule has 0 aliphatic carbocycles. The first-order valence-electron chi connectivity index (χ1n) is 7.79. The monoisotopic (exact) mass is 358 g/mol. The summed E-state index contributed by atoms with van der Waals surface area (Å²) in [5.41, 5.74) is 3.43. The largest absolute Gasteiger partial charge is 0.346 e. The summed E-state index contributed by atoms with van der Waals surface area (Å²) in [4.78, 5) is 12.7. The van der Waals surface area contributed by atoms with Crippen LogP contribution >= 0.6 is 23.1 Å². The van der Waals surface area contributed by atoms with Crippen LogP contribution in [0, 0.1) is 0 Å². The van der Waals surface area contributed by atoms with Crippen molar-refractivity contribution in [3.8, 4) is 0 Å². The number of hydrogen-bond donors (Lipinski definition) is 1. The highest BCUT2D eigenvalue weighted by atomic mass is 32.2. The van der Waals surface area contributed by atoms with Gasteiger partial charge in [-0.25, -0.2) is 0 Å². The summed E-state index contributed by atoms with van der Waals surface area (Å²) in [6.45, 7) is 0. The van der Waals surface area contributed by atoms with Gasteiger partial charge in [0.05, 0.1) is 18.2 Å². The zero-order valence-corrected chi connectivity index (χ0v) is 14.9. The second-order valence-electron chi connectivity index (χ2n) is 5.85. The molecule has 1 N–H and O–H groups in total. The molecule has 1 aliphatic heterocycles. The van der Waals surface area contributed by atoms with Crippen LogP contribution in [0.25, 0.3) is 0 Å². The van der Waals surface area contributed by atoms with Gasteiger partial charge in [-0.15, -0.1) is 0 Å². The van der Waals surface area contributed by atoms with Crippen molar-refractivity contribution in [3.05, 3.63) is 58.2 Å². The van der Waals surface area contributed by atoms with Crippen LogP contribution in [0.15, 0.2) is 41.4 Å². The number of hydrogen-bond acceptors (Lipinski definition) is 4. The third-order valence-corrected chi connectivity index (χ3v) is 5.94. The Hall–Kier alpha value is -1.99. The first-order chi connectivity index (χ1) is 11.7. The molecule has 0 aromatic carbocycles. The minimum absolute atomic E-state index is 0.0156. The Bertz CT molecular complexity index is 802. The van der Waals surface area contributed by atoms with Crippen LogP contribution in [0.1, 0.15) is 29.3 Å². The average molecular weight is 358 g/mol. The van der Waals surface area contributed by atoms with Gasteiger partial charge in [-0.1, -0.05) is 0 Å². The molecule has 5 nitrogen and oxygen atoms in total. The standard InChI is InChI=1S/C17H18N4OS2/c1-20-17(13-10-24-11-14(13)19-20)18-16(22)8-15(12-4-7-23-9-12)21-5-2-3-6-21/h2-7,9,15H,8,10-11H2,1H3,(H,18,22)/t15-/m1/s1. The Morgan fingerprint density at radius 1 is 1.38 bits per heavy atom. The molecule has 1 atom stereocenters. The second kappa shape index (κ2) is 6.49. The van der Waals surface area contributed by atoms with E-state index in [4.69, 9.17) is 0 Å². The molecule has 0 fully saturated rings. The molecule has 4 rings (SSSR count). The quantitative estimate of drug-likeness (QED) is 0.757. The van der Waals surface area contributed by atoms with E-state index in [1.54, 1.807) is 16.0 Å². The van der Waals surface area contributed by atoms with E-state index in [1.807, 2.05) is 43.3 Å². The highest BCUT2D eigenvalue weighted by molar-refractivity contribution is 7.98. The fraction of sp³-hybridized carbons (Fsp3) is 0.294. The van der Waals surface area contributed by atoms with E-state index in [2.05, 4.69) is 31.8 Å². The van der Waals surface area contributed by atoms with E-state index in [0.29, 0.717) is 6.42 Å². The van der Waals surface area contributed by atoms with Gasteiger partial charge < -0.3 is 9.88 Å². The number of aryl methyl sites for hydroxylation is 1. The molecule has 124 valence electrons. The third-order valence-electron chi connectivity index (χ3n) is 4.27. The molecule has 0 spiro atoms. The minimum atomic E-state index is 0.0156. The number of amides is 1. The number of fused-ring (bicyclic) bond motifs is 1. The van der Waals surface area contributed by atoms with Crippen molar-refractivity contribution in [2.75, 3.05) is 5.32 Å². The van der Waals surface area contributed by atoms with Crippen molar-refractivity contribution in [1.82, 2.24) is 14.3 Å². The summed E-state index contributed by atoms with van der Waals surface area (Å²) in [6, 6.07) is 6.08. The van der Waals surface area contributed by atoms with Gasteiger partial charge in [-0.2, -0.15) is 28.2 Å². The van der Waals surface area contributed by atoms with Crippen LogP contribution in [-0.2, 0) is 23.3 Å². The van der Waals surface area contributed by atoms with Crippen molar-refractivity contribution in [1.29, 1.82) is 0 Å². The predicted octanol–water partition coefficient (Wildman–Crippen LogP) is 3.65. The lowest BCUT2D eigenvalue weighted by atomic mass is 10.1. The molecule has 3 aromatic heterocycles. The number of carbonyl (C=O) groups is 1. The molecule has 7 heteroatoms. The summed E-state index contributed by atoms with van der Waals surface area (Å²) in [5.74, 6) is 2.71. The van der Waals surface area contributed by atoms with Crippen molar-refractivity contribution in [3.63, 3.8) is 0 Å². The van der Waals surface area contributed by atoms with E-state index in [-0.39, 0.29) is 11.9 Å². The van der Waals surface area contributed by atoms with Crippen LogP contribution in [0.3, 0.4) is 0 Å². The van der Waals surface area contributed by atoms with Gasteiger partial charge in [0, 0.05) is 36.5 Å². The molecule has 0 radical (unpaired) electrons. The highest BCUT2D eigenvalue weighted by Crippen LogP contribution is 2.34. The van der Waals surface area contributed by atoms with Gasteiger partial charge in [-0.05, 0) is 34.5 Å². The molecule has 0 saturated heterocycles. The zero-order chi connectivity index (χ0) is 16.5. The van der Waals surface area contributed by atoms with Gasteiger partial charge in [0.2, 0.25) is 5.91 Å². The number of thioether (sulfide) groups is 1. The van der Waals surface area contributed by atoms with Gasteiger partial charge in [0.25, 0.3) is 0 Å². The molecular weight excluding hydrogens is 340 g/mol. The third kappa shape index (κ3) is 2.89. The molecule has 0 bridgehead atoms. The number of aromatic nitrogens is 3. The fourth-order valence-corrected chi connectivity index (χ4v) is 4.81. The van der Waals surface area contributed by atoms with E-state index in [0.717, 1.165) is 28.6 Å². The zero-order valence-electron chi connectivity index (χ0n) is 13.3. The topological polar surface area (TPSA) is 51.9 Å². The number of nitrogens with one attached hydrogen (secondary N) is 1. The van der Waals surface area contributed by atoms with E-state index in [9.17, 15) is 4.79 Å². The summed E-state index contributed by atoms with van der Waals surface area (Å²) in [5, 5.41) is 11.7. The Morgan fingerprint density at radius 2 is 2.21 bits per heavy atom. The molecule has 3 aromatic rings. The first kappa shape index (κ1) is 15.5. The number of anilines is 1. The Labute approximate surface area is 148 Å². The molecule has 0 saturated carbocycles. The number of rotatable bonds is 5. The maximum atomic E-state index is 12.7. The van der Waals surface area contributed by atoms with E-state index in [1.165, 1.54) is 5.56 Å². The fourth-order valence-electron chi connectivity index (χ4n) is 3.07. The maximum absolute atomic E-state index is 12.7. The molecular formula is C17H18N4OS2. The molecule has 4 heterocycles. The summed E-state index contributed by atoms with van der Waals surface area (Å²) in [6.07, 6.45) is 4.42. The normalized spacial score (nSPS) is 14.5. The van der Waals surface area contributed by atoms with Crippen LogP contribution in [-0.4, -0.2) is 20.3 Å². The van der Waals surface area contributed by atoms with Gasteiger partial charge in [-0.3, -0.25) is 9.48 Å². The van der Waals surface area contributed by atoms with E-state index < -0.39 is 0 Å². The van der Waals surface area contributed by atoms with Gasteiger partial charge in [0.15, 0.2) is 0 Å². The lowest BCUT2D eigenvalue weighted by molar-refractivity contribution is -0.116. The van der Waals surface area contributed by atoms with Crippen molar-refractivity contribution >= 4 is 34.8 Å². The number of carbonyl (C=O) groups excluding carboxylic acids is 1. The summed E-state index contributed by atoms with van der Waals surface area (Å²) in [7, 11) is 1.89. The summed E-state index contributed by atoms with van der Waals surface area (Å²) < 4.78 is 3.88. The smallest absolute Gasteiger partial charge is 0.227 e. The van der Waals surface area contributed by atoms with Crippen molar-refractivity contribution in [2.24, 2.45) is 7.05 Å². The first-order valence-corrected chi connectivity index (χ1v) is 9.89. The Morgan fingerprint density at radius 3 is 2.96 bits per heavy atom. The predicted molar refractivity (Wildman–Crippen MR) is 98.3 cm³/mol. The van der Waals surface area contributed by atoms with Gasteiger partial charge in [0.1, 0.15) is 5.82 Å². The van der Waals surface area contributed by atoms with Crippen LogP contribution in [0.2, 0.25) is 0 Å². The average Bonchev–Trinajstić information content (AvgIpc) is 3.33. The lowest BCUT2D eigenvalue weighted by Crippen LogP contribution is -2.21. The SMILES string of the molecule is Cn1nc2c(c1NC(=O)C[C@H](c1ccsc1)n1cccc1)CSC2. The van der Waals surface area contributed by atoms with E-state index >= 15 is 0 Å². The van der Waals surface area contributed by atoms with Crippen LogP contribution in [0.4, 0.5) is 5.82 Å². The maximum Gasteiger partial charge on any atom is 0.227 e.